The number of carbonyl (C=O) groups excluding carboxylic acids is 1. The highest BCUT2D eigenvalue weighted by Gasteiger charge is 2.40. The first-order valence-corrected chi connectivity index (χ1v) is 7.47. The van der Waals surface area contributed by atoms with Crippen LogP contribution in [0.1, 0.15) is 40.2 Å². The lowest BCUT2D eigenvalue weighted by Gasteiger charge is -2.44. The predicted molar refractivity (Wildman–Crippen MR) is 87.5 cm³/mol. The number of nitrogens with one attached hydrogen (secondary N) is 1. The van der Waals surface area contributed by atoms with Gasteiger partial charge in [0.05, 0.1) is 16.9 Å². The van der Waals surface area contributed by atoms with Crippen molar-refractivity contribution in [2.24, 2.45) is 0 Å². The summed E-state index contributed by atoms with van der Waals surface area (Å²) < 4.78 is 5.58. The van der Waals surface area contributed by atoms with Gasteiger partial charge in [0, 0.05) is 11.6 Å². The van der Waals surface area contributed by atoms with Crippen LogP contribution in [0.25, 0.3) is 0 Å². The number of amides is 1. The lowest BCUT2D eigenvalue weighted by atomic mass is 9.96. The maximum Gasteiger partial charge on any atom is 0.415 e. The lowest BCUT2D eigenvalue weighted by Crippen LogP contribution is -2.56. The molecule has 0 unspecified atom stereocenters. The summed E-state index contributed by atoms with van der Waals surface area (Å²) in [5, 5.41) is 4.00. The minimum Gasteiger partial charge on any atom is -0.443 e. The van der Waals surface area contributed by atoms with E-state index in [1.54, 1.807) is 4.90 Å². The molecule has 0 aliphatic carbocycles. The quantitative estimate of drug-likeness (QED) is 0.761. The summed E-state index contributed by atoms with van der Waals surface area (Å²) in [7, 11) is 0. The molecule has 5 heteroatoms. The summed E-state index contributed by atoms with van der Waals surface area (Å²) in [6.07, 6.45) is -0.347. The summed E-state index contributed by atoms with van der Waals surface area (Å²) in [5.74, 6) is 0. The molecule has 0 radical (unpaired) electrons. The number of nitrogens with zero attached hydrogens (tertiary/aromatic N) is 1. The Balaban J connectivity index is 2.53. The second-order valence-electron chi connectivity index (χ2n) is 7.05. The molecule has 1 aliphatic rings. The molecule has 116 valence electrons. The van der Waals surface area contributed by atoms with Gasteiger partial charge in [0.15, 0.2) is 0 Å². The SMILES string of the molecule is Cc1c(Cl)ccc2c1N(C(=O)OC(C)(C)C)C(C)(C)CN2. The molecular weight excluding hydrogens is 288 g/mol. The maximum atomic E-state index is 12.7. The van der Waals surface area contributed by atoms with Crippen LogP contribution in [-0.4, -0.2) is 23.8 Å². The monoisotopic (exact) mass is 310 g/mol. The van der Waals surface area contributed by atoms with Crippen LogP contribution in [-0.2, 0) is 4.74 Å². The van der Waals surface area contributed by atoms with E-state index in [1.807, 2.05) is 53.7 Å². The van der Waals surface area contributed by atoms with Crippen LogP contribution in [0, 0.1) is 6.92 Å². The number of fused-ring (bicyclic) bond motifs is 1. The Morgan fingerprint density at radius 3 is 2.57 bits per heavy atom. The van der Waals surface area contributed by atoms with Crippen molar-refractivity contribution in [3.63, 3.8) is 0 Å². The Bertz CT molecular complexity index is 576. The molecule has 4 nitrogen and oxygen atoms in total. The molecule has 0 atom stereocenters. The minimum atomic E-state index is -0.537. The van der Waals surface area contributed by atoms with E-state index in [0.717, 1.165) is 16.9 Å². The number of halogens is 1. The highest BCUT2D eigenvalue weighted by molar-refractivity contribution is 6.32. The van der Waals surface area contributed by atoms with Gasteiger partial charge < -0.3 is 10.1 Å². The molecular formula is C16H23ClN2O2. The number of benzene rings is 1. The van der Waals surface area contributed by atoms with Gasteiger partial charge in [0.25, 0.3) is 0 Å². The Kier molecular flexibility index (Phi) is 3.87. The number of rotatable bonds is 0. The first-order valence-electron chi connectivity index (χ1n) is 7.09. The van der Waals surface area contributed by atoms with Crippen molar-refractivity contribution in [1.82, 2.24) is 0 Å². The second kappa shape index (κ2) is 5.09. The van der Waals surface area contributed by atoms with Gasteiger partial charge in [-0.25, -0.2) is 4.79 Å². The molecule has 1 aromatic carbocycles. The number of ether oxygens (including phenoxy) is 1. The third-order valence-corrected chi connectivity index (χ3v) is 3.89. The van der Waals surface area contributed by atoms with Gasteiger partial charge in [-0.05, 0) is 59.2 Å². The third kappa shape index (κ3) is 3.10. The molecule has 1 N–H and O–H groups in total. The van der Waals surface area contributed by atoms with Crippen molar-refractivity contribution >= 4 is 29.1 Å². The van der Waals surface area contributed by atoms with E-state index in [0.29, 0.717) is 11.6 Å². The zero-order chi connectivity index (χ0) is 16.0. The van der Waals surface area contributed by atoms with E-state index in [4.69, 9.17) is 16.3 Å². The zero-order valence-corrected chi connectivity index (χ0v) is 14.3. The second-order valence-corrected chi connectivity index (χ2v) is 7.46. The van der Waals surface area contributed by atoms with E-state index >= 15 is 0 Å². The molecule has 0 aromatic heterocycles. The summed E-state index contributed by atoms with van der Waals surface area (Å²) in [6.45, 7) is 12.2. The van der Waals surface area contributed by atoms with Crippen LogP contribution in [0.4, 0.5) is 16.2 Å². The molecule has 2 rings (SSSR count). The van der Waals surface area contributed by atoms with Crippen molar-refractivity contribution in [2.75, 3.05) is 16.8 Å². The Morgan fingerprint density at radius 2 is 2.00 bits per heavy atom. The van der Waals surface area contributed by atoms with Crippen molar-refractivity contribution in [2.45, 2.75) is 52.7 Å². The van der Waals surface area contributed by atoms with Gasteiger partial charge in [0.1, 0.15) is 5.60 Å². The largest absolute Gasteiger partial charge is 0.443 e. The number of carbonyl (C=O) groups is 1. The zero-order valence-electron chi connectivity index (χ0n) is 13.5. The molecule has 0 bridgehead atoms. The van der Waals surface area contributed by atoms with Gasteiger partial charge in [0.2, 0.25) is 0 Å². The molecule has 0 fully saturated rings. The number of hydrogen-bond acceptors (Lipinski definition) is 3. The van der Waals surface area contributed by atoms with Gasteiger partial charge >= 0.3 is 6.09 Å². The molecule has 21 heavy (non-hydrogen) atoms. The molecule has 0 spiro atoms. The molecule has 1 heterocycles. The van der Waals surface area contributed by atoms with Crippen LogP contribution in [0.15, 0.2) is 12.1 Å². The average Bonchev–Trinajstić information content (AvgIpc) is 2.31. The van der Waals surface area contributed by atoms with E-state index in [1.165, 1.54) is 0 Å². The van der Waals surface area contributed by atoms with Crippen molar-refractivity contribution in [3.8, 4) is 0 Å². The third-order valence-electron chi connectivity index (χ3n) is 3.48. The number of anilines is 2. The van der Waals surface area contributed by atoms with Crippen molar-refractivity contribution < 1.29 is 9.53 Å². The first kappa shape index (κ1) is 16.0. The molecule has 0 saturated heterocycles. The fraction of sp³-hybridized carbons (Fsp3) is 0.562. The van der Waals surface area contributed by atoms with Crippen LogP contribution < -0.4 is 10.2 Å². The van der Waals surface area contributed by atoms with Crippen LogP contribution in [0.2, 0.25) is 5.02 Å². The number of hydrogen-bond donors (Lipinski definition) is 1. The summed E-state index contributed by atoms with van der Waals surface area (Å²) in [5.41, 5.74) is 1.64. The average molecular weight is 311 g/mol. The molecule has 1 aromatic rings. The van der Waals surface area contributed by atoms with Crippen molar-refractivity contribution in [1.29, 1.82) is 0 Å². The first-order chi connectivity index (χ1) is 9.53. The van der Waals surface area contributed by atoms with Crippen LogP contribution in [0.5, 0.6) is 0 Å². The van der Waals surface area contributed by atoms with Gasteiger partial charge in [-0.3, -0.25) is 4.90 Å². The Hall–Kier alpha value is -1.42. The Labute approximate surface area is 131 Å². The van der Waals surface area contributed by atoms with E-state index in [-0.39, 0.29) is 6.09 Å². The molecule has 1 aliphatic heterocycles. The smallest absolute Gasteiger partial charge is 0.415 e. The molecule has 1 amide bonds. The van der Waals surface area contributed by atoms with Gasteiger partial charge in [-0.15, -0.1) is 0 Å². The van der Waals surface area contributed by atoms with Crippen molar-refractivity contribution in [3.05, 3.63) is 22.7 Å². The van der Waals surface area contributed by atoms with E-state index in [9.17, 15) is 4.79 Å². The lowest BCUT2D eigenvalue weighted by molar-refractivity contribution is 0.0546. The summed E-state index contributed by atoms with van der Waals surface area (Å²) in [4.78, 5) is 14.4. The maximum absolute atomic E-state index is 12.7. The standard InChI is InChI=1S/C16H23ClN2O2/c1-10-11(17)7-8-12-13(10)19(16(5,6)9-18-12)14(20)21-15(2,3)4/h7-8,18H,9H2,1-6H3. The highest BCUT2D eigenvalue weighted by atomic mass is 35.5. The summed E-state index contributed by atoms with van der Waals surface area (Å²) in [6, 6.07) is 3.74. The fourth-order valence-corrected chi connectivity index (χ4v) is 2.60. The van der Waals surface area contributed by atoms with Gasteiger partial charge in [-0.2, -0.15) is 0 Å². The molecule has 0 saturated carbocycles. The topological polar surface area (TPSA) is 41.6 Å². The van der Waals surface area contributed by atoms with E-state index in [2.05, 4.69) is 5.32 Å². The summed E-state index contributed by atoms with van der Waals surface area (Å²) >= 11 is 6.24. The van der Waals surface area contributed by atoms with Gasteiger partial charge in [-0.1, -0.05) is 11.6 Å². The highest BCUT2D eigenvalue weighted by Crippen LogP contribution is 2.42. The van der Waals surface area contributed by atoms with Crippen LogP contribution >= 0.6 is 11.6 Å². The fourth-order valence-electron chi connectivity index (χ4n) is 2.45. The van der Waals surface area contributed by atoms with E-state index < -0.39 is 11.1 Å². The minimum absolute atomic E-state index is 0.347. The normalized spacial score (nSPS) is 17.0. The Morgan fingerprint density at radius 1 is 1.38 bits per heavy atom. The predicted octanol–water partition coefficient (Wildman–Crippen LogP) is 4.59. The van der Waals surface area contributed by atoms with Crippen LogP contribution in [0.3, 0.4) is 0 Å².